The van der Waals surface area contributed by atoms with E-state index in [9.17, 15) is 0 Å². The summed E-state index contributed by atoms with van der Waals surface area (Å²) in [6.07, 6.45) is 0.909. The van der Waals surface area contributed by atoms with Gasteiger partial charge in [0.15, 0.2) is 0 Å². The van der Waals surface area contributed by atoms with Gasteiger partial charge in [-0.1, -0.05) is 44.2 Å². The second-order valence-electron chi connectivity index (χ2n) is 6.60. The van der Waals surface area contributed by atoms with E-state index in [1.165, 1.54) is 5.56 Å². The average molecular weight is 389 g/mol. The van der Waals surface area contributed by atoms with E-state index in [4.69, 9.17) is 15.2 Å². The van der Waals surface area contributed by atoms with Crippen LogP contribution >= 0.6 is 0 Å². The zero-order valence-corrected chi connectivity index (χ0v) is 16.9. The third kappa shape index (κ3) is 8.60. The van der Waals surface area contributed by atoms with Gasteiger partial charge in [0.05, 0.1) is 26.4 Å². The Morgan fingerprint density at radius 2 is 1.50 bits per heavy atom. The Morgan fingerprint density at radius 3 is 2.14 bits per heavy atom. The first-order valence-corrected chi connectivity index (χ1v) is 9.82. The number of aromatic nitrogens is 3. The highest BCUT2D eigenvalue weighted by atomic mass is 16.5. The van der Waals surface area contributed by atoms with Crippen molar-refractivity contribution in [3.63, 3.8) is 0 Å². The van der Waals surface area contributed by atoms with Crippen LogP contribution in [0.1, 0.15) is 31.2 Å². The fraction of sp³-hybridized carbons (Fsp3) is 0.550. The average Bonchev–Trinajstić information content (AvgIpc) is 2.70. The van der Waals surface area contributed by atoms with Crippen LogP contribution in [0.5, 0.6) is 0 Å². The second kappa shape index (κ2) is 13.0. The molecule has 28 heavy (non-hydrogen) atoms. The molecular weight excluding hydrogens is 356 g/mol. The second-order valence-corrected chi connectivity index (χ2v) is 6.60. The number of ether oxygens (including phenoxy) is 2. The van der Waals surface area contributed by atoms with E-state index in [2.05, 4.69) is 51.6 Å². The molecule has 8 nitrogen and oxygen atoms in total. The zero-order valence-electron chi connectivity index (χ0n) is 16.9. The smallest absolute Gasteiger partial charge is 0.227 e. The molecule has 0 unspecified atom stereocenters. The van der Waals surface area contributed by atoms with Gasteiger partial charge in [-0.25, -0.2) is 0 Å². The Labute approximate surface area is 167 Å². The minimum absolute atomic E-state index is 0.217. The van der Waals surface area contributed by atoms with Crippen molar-refractivity contribution in [2.24, 2.45) is 5.73 Å². The third-order valence-electron chi connectivity index (χ3n) is 3.87. The van der Waals surface area contributed by atoms with Crippen molar-refractivity contribution in [3.05, 3.63) is 41.7 Å². The van der Waals surface area contributed by atoms with Gasteiger partial charge in [0.2, 0.25) is 11.9 Å². The summed E-state index contributed by atoms with van der Waals surface area (Å²) >= 11 is 0. The number of nitrogens with one attached hydrogen (secondary N) is 2. The Bertz CT molecular complexity index is 669. The fourth-order valence-electron chi connectivity index (χ4n) is 2.41. The van der Waals surface area contributed by atoms with Crippen molar-refractivity contribution in [1.29, 1.82) is 0 Å². The minimum atomic E-state index is 0.217. The van der Waals surface area contributed by atoms with Crippen LogP contribution in [0.3, 0.4) is 0 Å². The zero-order chi connectivity index (χ0) is 20.0. The summed E-state index contributed by atoms with van der Waals surface area (Å²) < 4.78 is 10.8. The molecule has 0 aliphatic rings. The number of benzene rings is 1. The van der Waals surface area contributed by atoms with Gasteiger partial charge in [-0.2, -0.15) is 15.0 Å². The number of rotatable bonds is 14. The van der Waals surface area contributed by atoms with Crippen LogP contribution in [0.4, 0.5) is 11.9 Å². The van der Waals surface area contributed by atoms with E-state index in [0.29, 0.717) is 51.4 Å². The highest BCUT2D eigenvalue weighted by molar-refractivity contribution is 5.35. The molecule has 0 saturated carbocycles. The van der Waals surface area contributed by atoms with Gasteiger partial charge in [0.25, 0.3) is 0 Å². The van der Waals surface area contributed by atoms with Crippen LogP contribution in [0, 0.1) is 0 Å². The lowest BCUT2D eigenvalue weighted by atomic mass is 10.1. The topological polar surface area (TPSA) is 107 Å². The van der Waals surface area contributed by atoms with Gasteiger partial charge < -0.3 is 25.8 Å². The number of hydrogen-bond donors (Lipinski definition) is 3. The molecule has 2 rings (SSSR count). The minimum Gasteiger partial charge on any atom is -0.378 e. The molecule has 0 aliphatic carbocycles. The first-order valence-electron chi connectivity index (χ1n) is 9.82. The van der Waals surface area contributed by atoms with Crippen molar-refractivity contribution >= 4 is 11.9 Å². The maximum atomic E-state index is 5.51. The number of nitrogens with zero attached hydrogens (tertiary/aromatic N) is 3. The van der Waals surface area contributed by atoms with E-state index in [-0.39, 0.29) is 5.92 Å². The molecule has 0 atom stereocenters. The lowest BCUT2D eigenvalue weighted by Gasteiger charge is -2.12. The Morgan fingerprint density at radius 1 is 0.857 bits per heavy atom. The predicted molar refractivity (Wildman–Crippen MR) is 112 cm³/mol. The molecule has 0 saturated heterocycles. The summed E-state index contributed by atoms with van der Waals surface area (Å²) in [4.78, 5) is 13.5. The standard InChI is InChI=1S/C20H32N6O2/c1-16(2)18-24-19(22-10-8-17-6-4-3-5-7-17)26-20(25-18)23-11-13-28-15-14-27-12-9-21/h3-7,16H,8-15,21H2,1-2H3,(H2,22,23,24,25,26). The summed E-state index contributed by atoms with van der Waals surface area (Å²) in [5.41, 5.74) is 6.64. The molecule has 0 fully saturated rings. The molecule has 0 spiro atoms. The molecule has 1 heterocycles. The summed E-state index contributed by atoms with van der Waals surface area (Å²) in [5, 5.41) is 6.50. The van der Waals surface area contributed by atoms with Gasteiger partial charge in [0, 0.05) is 25.6 Å². The van der Waals surface area contributed by atoms with Crippen LogP contribution in [0.2, 0.25) is 0 Å². The largest absolute Gasteiger partial charge is 0.378 e. The van der Waals surface area contributed by atoms with Crippen LogP contribution in [-0.2, 0) is 15.9 Å². The molecule has 1 aromatic carbocycles. The van der Waals surface area contributed by atoms with Gasteiger partial charge >= 0.3 is 0 Å². The maximum absolute atomic E-state index is 5.51. The van der Waals surface area contributed by atoms with Gasteiger partial charge in [-0.3, -0.25) is 0 Å². The van der Waals surface area contributed by atoms with E-state index in [0.717, 1.165) is 18.8 Å². The number of nitrogens with two attached hydrogens (primary N) is 1. The summed E-state index contributed by atoms with van der Waals surface area (Å²) in [6.45, 7) is 8.24. The normalized spacial score (nSPS) is 11.0. The molecule has 2 aromatic rings. The van der Waals surface area contributed by atoms with Crippen molar-refractivity contribution in [2.75, 3.05) is 56.7 Å². The molecule has 0 bridgehead atoms. The third-order valence-corrected chi connectivity index (χ3v) is 3.87. The molecular formula is C20H32N6O2. The quantitative estimate of drug-likeness (QED) is 0.422. The molecule has 154 valence electrons. The molecule has 4 N–H and O–H groups in total. The van der Waals surface area contributed by atoms with Gasteiger partial charge in [-0.05, 0) is 12.0 Å². The maximum Gasteiger partial charge on any atom is 0.227 e. The van der Waals surface area contributed by atoms with E-state index < -0.39 is 0 Å². The highest BCUT2D eigenvalue weighted by Gasteiger charge is 2.09. The fourth-order valence-corrected chi connectivity index (χ4v) is 2.41. The monoisotopic (exact) mass is 388 g/mol. The molecule has 0 aliphatic heterocycles. The van der Waals surface area contributed by atoms with Crippen LogP contribution < -0.4 is 16.4 Å². The molecule has 8 heteroatoms. The van der Waals surface area contributed by atoms with Crippen LogP contribution in [0.15, 0.2) is 30.3 Å². The van der Waals surface area contributed by atoms with Crippen LogP contribution in [0.25, 0.3) is 0 Å². The first-order chi connectivity index (χ1) is 13.7. The highest BCUT2D eigenvalue weighted by Crippen LogP contribution is 2.13. The predicted octanol–water partition coefficient (Wildman–Crippen LogP) is 2.05. The summed E-state index contributed by atoms with van der Waals surface area (Å²) in [6, 6.07) is 10.3. The molecule has 1 aromatic heterocycles. The van der Waals surface area contributed by atoms with Gasteiger partial charge in [-0.15, -0.1) is 0 Å². The Hall–Kier alpha value is -2.29. The molecule has 0 amide bonds. The lowest BCUT2D eigenvalue weighted by molar-refractivity contribution is 0.0547. The first kappa shape index (κ1) is 22.0. The SMILES string of the molecule is CC(C)c1nc(NCCOCCOCCN)nc(NCCc2ccccc2)n1. The molecule has 0 radical (unpaired) electrons. The summed E-state index contributed by atoms with van der Waals surface area (Å²) in [5.74, 6) is 2.13. The Balaban J connectivity index is 1.79. The van der Waals surface area contributed by atoms with Crippen molar-refractivity contribution in [3.8, 4) is 0 Å². The number of anilines is 2. The van der Waals surface area contributed by atoms with Crippen molar-refractivity contribution < 1.29 is 9.47 Å². The van der Waals surface area contributed by atoms with E-state index in [1.54, 1.807) is 0 Å². The van der Waals surface area contributed by atoms with Crippen molar-refractivity contribution in [1.82, 2.24) is 15.0 Å². The lowest BCUT2D eigenvalue weighted by Crippen LogP contribution is -2.17. The van der Waals surface area contributed by atoms with Crippen molar-refractivity contribution in [2.45, 2.75) is 26.2 Å². The number of hydrogen-bond acceptors (Lipinski definition) is 8. The van der Waals surface area contributed by atoms with E-state index in [1.807, 2.05) is 18.2 Å². The Kier molecular flexibility index (Phi) is 10.2. The van der Waals surface area contributed by atoms with E-state index >= 15 is 0 Å². The van der Waals surface area contributed by atoms with Crippen LogP contribution in [-0.4, -0.2) is 61.0 Å². The van der Waals surface area contributed by atoms with Gasteiger partial charge in [0.1, 0.15) is 5.82 Å². The summed E-state index contributed by atoms with van der Waals surface area (Å²) in [7, 11) is 0.